The summed E-state index contributed by atoms with van der Waals surface area (Å²) in [6, 6.07) is 26.9. The molecule has 0 radical (unpaired) electrons. The van der Waals surface area contributed by atoms with E-state index in [1.54, 1.807) is 31.4 Å². The number of para-hydroxylation sites is 1. The van der Waals surface area contributed by atoms with E-state index in [2.05, 4.69) is 23.5 Å². The molecule has 0 unspecified atom stereocenters. The molecule has 0 bridgehead atoms. The molecular formula is C25H19N3O2S. The maximum absolute atomic E-state index is 12.5. The number of thioether (sulfide) groups is 1. The van der Waals surface area contributed by atoms with Crippen molar-refractivity contribution in [1.29, 1.82) is 5.26 Å². The van der Waals surface area contributed by atoms with Crippen molar-refractivity contribution in [2.24, 2.45) is 0 Å². The molecule has 4 rings (SSSR count). The maximum atomic E-state index is 12.5. The van der Waals surface area contributed by atoms with Crippen molar-refractivity contribution in [3.63, 3.8) is 0 Å². The first-order valence-corrected chi connectivity index (χ1v) is 10.6. The van der Waals surface area contributed by atoms with E-state index in [-0.39, 0.29) is 11.7 Å². The van der Waals surface area contributed by atoms with Gasteiger partial charge in [0.2, 0.25) is 5.91 Å². The number of benzene rings is 3. The van der Waals surface area contributed by atoms with Gasteiger partial charge >= 0.3 is 0 Å². The smallest absolute Gasteiger partial charge is 0.234 e. The minimum absolute atomic E-state index is 0.177. The second kappa shape index (κ2) is 9.33. The number of aromatic nitrogens is 1. The van der Waals surface area contributed by atoms with Crippen LogP contribution in [0.15, 0.2) is 83.9 Å². The van der Waals surface area contributed by atoms with Crippen LogP contribution in [0.25, 0.3) is 22.0 Å². The number of ether oxygens (including phenoxy) is 1. The molecule has 31 heavy (non-hydrogen) atoms. The third kappa shape index (κ3) is 4.68. The highest BCUT2D eigenvalue weighted by Crippen LogP contribution is 2.33. The second-order valence-corrected chi connectivity index (χ2v) is 7.75. The number of methoxy groups -OCH3 is 1. The summed E-state index contributed by atoms with van der Waals surface area (Å²) < 4.78 is 5.36. The van der Waals surface area contributed by atoms with Gasteiger partial charge in [-0.05, 0) is 41.5 Å². The Balaban J connectivity index is 1.61. The Morgan fingerprint density at radius 1 is 1.06 bits per heavy atom. The van der Waals surface area contributed by atoms with Crippen LogP contribution in [-0.2, 0) is 4.79 Å². The van der Waals surface area contributed by atoms with Gasteiger partial charge in [0.25, 0.3) is 0 Å². The molecule has 152 valence electrons. The normalized spacial score (nSPS) is 10.5. The number of nitriles is 1. The molecule has 0 fully saturated rings. The molecule has 5 nitrogen and oxygen atoms in total. The predicted molar refractivity (Wildman–Crippen MR) is 124 cm³/mol. The van der Waals surface area contributed by atoms with Gasteiger partial charge in [0, 0.05) is 11.5 Å². The minimum atomic E-state index is -0.193. The Bertz CT molecular complexity index is 1280. The third-order valence-electron chi connectivity index (χ3n) is 4.75. The van der Waals surface area contributed by atoms with E-state index in [1.807, 2.05) is 42.5 Å². The van der Waals surface area contributed by atoms with Crippen LogP contribution in [0.5, 0.6) is 5.75 Å². The van der Waals surface area contributed by atoms with E-state index >= 15 is 0 Å². The molecule has 1 N–H and O–H groups in total. The van der Waals surface area contributed by atoms with Gasteiger partial charge in [0.05, 0.1) is 34.7 Å². The van der Waals surface area contributed by atoms with Crippen LogP contribution in [0.1, 0.15) is 5.56 Å². The fourth-order valence-electron chi connectivity index (χ4n) is 3.26. The molecule has 0 saturated carbocycles. The first-order chi connectivity index (χ1) is 15.2. The number of pyridine rings is 1. The van der Waals surface area contributed by atoms with Gasteiger partial charge in [0.15, 0.2) is 0 Å². The van der Waals surface area contributed by atoms with Crippen molar-refractivity contribution in [1.82, 2.24) is 4.98 Å². The number of hydrogen-bond acceptors (Lipinski definition) is 5. The average molecular weight is 426 g/mol. The van der Waals surface area contributed by atoms with Crippen molar-refractivity contribution in [2.75, 3.05) is 18.2 Å². The van der Waals surface area contributed by atoms with Crippen LogP contribution in [0.4, 0.5) is 5.69 Å². The highest BCUT2D eigenvalue weighted by Gasteiger charge is 2.12. The van der Waals surface area contributed by atoms with Crippen molar-refractivity contribution in [2.45, 2.75) is 5.03 Å². The molecule has 3 aromatic carbocycles. The first-order valence-electron chi connectivity index (χ1n) is 9.64. The number of amides is 1. The maximum Gasteiger partial charge on any atom is 0.234 e. The lowest BCUT2D eigenvalue weighted by molar-refractivity contribution is -0.113. The zero-order valence-electron chi connectivity index (χ0n) is 16.8. The van der Waals surface area contributed by atoms with Crippen LogP contribution in [-0.4, -0.2) is 23.8 Å². The Kier molecular flexibility index (Phi) is 6.16. The van der Waals surface area contributed by atoms with Gasteiger partial charge in [-0.1, -0.05) is 54.2 Å². The standard InChI is InChI=1S/C25H19N3O2S/c1-30-19-11-12-20-21(17-7-3-2-4-8-17)14-25(28-23(20)13-19)31-16-24(29)27-22-10-6-5-9-18(22)15-26/h2-14H,16H2,1H3,(H,27,29). The minimum Gasteiger partial charge on any atom is -0.497 e. The number of nitrogens with zero attached hydrogens (tertiary/aromatic N) is 2. The summed E-state index contributed by atoms with van der Waals surface area (Å²) in [4.78, 5) is 17.2. The molecule has 1 aromatic heterocycles. The van der Waals surface area contributed by atoms with Gasteiger partial charge in [-0.2, -0.15) is 5.26 Å². The number of nitrogens with one attached hydrogen (secondary N) is 1. The Morgan fingerprint density at radius 2 is 1.84 bits per heavy atom. The molecule has 0 aliphatic rings. The van der Waals surface area contributed by atoms with Gasteiger partial charge in [-0.3, -0.25) is 4.79 Å². The van der Waals surface area contributed by atoms with Crippen LogP contribution < -0.4 is 10.1 Å². The summed E-state index contributed by atoms with van der Waals surface area (Å²) in [5.74, 6) is 0.713. The Labute approximate surface area is 184 Å². The summed E-state index contributed by atoms with van der Waals surface area (Å²) in [6.07, 6.45) is 0. The fraction of sp³-hybridized carbons (Fsp3) is 0.0800. The average Bonchev–Trinajstić information content (AvgIpc) is 2.82. The molecular weight excluding hydrogens is 406 g/mol. The monoisotopic (exact) mass is 425 g/mol. The summed E-state index contributed by atoms with van der Waals surface area (Å²) in [5.41, 5.74) is 3.87. The van der Waals surface area contributed by atoms with Crippen molar-refractivity contribution < 1.29 is 9.53 Å². The van der Waals surface area contributed by atoms with E-state index in [9.17, 15) is 10.1 Å². The predicted octanol–water partition coefficient (Wildman–Crippen LogP) is 5.51. The lowest BCUT2D eigenvalue weighted by Crippen LogP contribution is -2.15. The van der Waals surface area contributed by atoms with Crippen LogP contribution in [0.2, 0.25) is 0 Å². The van der Waals surface area contributed by atoms with Crippen molar-refractivity contribution in [3.05, 3.63) is 84.4 Å². The summed E-state index contributed by atoms with van der Waals surface area (Å²) in [5, 5.41) is 13.8. The van der Waals surface area contributed by atoms with Crippen molar-refractivity contribution >= 4 is 34.3 Å². The lowest BCUT2D eigenvalue weighted by Gasteiger charge is -2.11. The van der Waals surface area contributed by atoms with Gasteiger partial charge < -0.3 is 10.1 Å². The topological polar surface area (TPSA) is 75.0 Å². The number of carbonyl (C=O) groups is 1. The number of hydrogen-bond donors (Lipinski definition) is 1. The fourth-order valence-corrected chi connectivity index (χ4v) is 3.97. The Hall–Kier alpha value is -3.82. The number of anilines is 1. The van der Waals surface area contributed by atoms with E-state index in [4.69, 9.17) is 9.72 Å². The number of carbonyl (C=O) groups excluding carboxylic acids is 1. The molecule has 1 amide bonds. The summed E-state index contributed by atoms with van der Waals surface area (Å²) in [7, 11) is 1.63. The summed E-state index contributed by atoms with van der Waals surface area (Å²) >= 11 is 1.35. The largest absolute Gasteiger partial charge is 0.497 e. The number of rotatable bonds is 6. The van der Waals surface area contributed by atoms with Crippen LogP contribution >= 0.6 is 11.8 Å². The molecule has 0 aliphatic heterocycles. The lowest BCUT2D eigenvalue weighted by atomic mass is 10.0. The zero-order chi connectivity index (χ0) is 21.6. The molecule has 6 heteroatoms. The quantitative estimate of drug-likeness (QED) is 0.412. The SMILES string of the molecule is COc1ccc2c(-c3ccccc3)cc(SCC(=O)Nc3ccccc3C#N)nc2c1. The summed E-state index contributed by atoms with van der Waals surface area (Å²) in [6.45, 7) is 0. The van der Waals surface area contributed by atoms with E-state index in [1.165, 1.54) is 11.8 Å². The highest BCUT2D eigenvalue weighted by atomic mass is 32.2. The first kappa shape index (κ1) is 20.5. The van der Waals surface area contributed by atoms with Gasteiger partial charge in [-0.25, -0.2) is 4.98 Å². The van der Waals surface area contributed by atoms with Crippen LogP contribution in [0, 0.1) is 11.3 Å². The molecule has 0 atom stereocenters. The molecule has 0 saturated heterocycles. The Morgan fingerprint density at radius 3 is 2.61 bits per heavy atom. The van der Waals surface area contributed by atoms with E-state index in [0.29, 0.717) is 11.3 Å². The van der Waals surface area contributed by atoms with Crippen molar-refractivity contribution in [3.8, 4) is 22.9 Å². The zero-order valence-corrected chi connectivity index (χ0v) is 17.6. The number of fused-ring (bicyclic) bond motifs is 1. The van der Waals surface area contributed by atoms with Crippen LogP contribution in [0.3, 0.4) is 0 Å². The van der Waals surface area contributed by atoms with Gasteiger partial charge in [0.1, 0.15) is 11.8 Å². The van der Waals surface area contributed by atoms with E-state index in [0.717, 1.165) is 32.8 Å². The molecule has 1 heterocycles. The highest BCUT2D eigenvalue weighted by molar-refractivity contribution is 7.99. The molecule has 0 spiro atoms. The van der Waals surface area contributed by atoms with E-state index < -0.39 is 0 Å². The second-order valence-electron chi connectivity index (χ2n) is 6.75. The molecule has 0 aliphatic carbocycles. The third-order valence-corrected chi connectivity index (χ3v) is 5.66. The molecule has 4 aromatic rings. The van der Waals surface area contributed by atoms with Gasteiger partial charge in [-0.15, -0.1) is 0 Å².